The predicted molar refractivity (Wildman–Crippen MR) is 148 cm³/mol. The fourth-order valence-corrected chi connectivity index (χ4v) is 5.58. The molecule has 220 valence electrons. The van der Waals surface area contributed by atoms with Gasteiger partial charge in [-0.25, -0.2) is 4.99 Å². The third-order valence-electron chi connectivity index (χ3n) is 5.21. The molecule has 1 aliphatic heterocycles. The van der Waals surface area contributed by atoms with Crippen molar-refractivity contribution in [2.75, 3.05) is 33.2 Å². The zero-order chi connectivity index (χ0) is 29.7. The van der Waals surface area contributed by atoms with Gasteiger partial charge in [-0.05, 0) is 0 Å². The van der Waals surface area contributed by atoms with E-state index in [1.54, 1.807) is 50.5 Å². The van der Waals surface area contributed by atoms with Crippen molar-refractivity contribution in [2.45, 2.75) is 56.6 Å². The maximum Gasteiger partial charge on any atom is 0.471 e. The number of alkyl halides is 3. The minimum absolute atomic E-state index is 0.0163. The summed E-state index contributed by atoms with van der Waals surface area (Å²) < 4.78 is 51.0. The zero-order valence-electron chi connectivity index (χ0n) is 22.5. The SMILES string of the molecule is CN(C)C=Nc1nc2c(c(C#CCNC(=O)C(F)(F)F)cn2[C@H]2CC(OCSSC(C)(C)C)[C@@H](CO)O2)c(=O)[nH]1. The Labute approximate surface area is 236 Å². The van der Waals surface area contributed by atoms with Gasteiger partial charge in [0.1, 0.15) is 18.3 Å². The molecule has 0 saturated carbocycles. The van der Waals surface area contributed by atoms with Crippen LogP contribution in [0.3, 0.4) is 0 Å². The van der Waals surface area contributed by atoms with E-state index in [2.05, 4.69) is 47.6 Å². The van der Waals surface area contributed by atoms with Crippen LogP contribution in [0.4, 0.5) is 19.1 Å². The fourth-order valence-electron chi connectivity index (χ4n) is 3.58. The van der Waals surface area contributed by atoms with Crippen LogP contribution in [0.5, 0.6) is 0 Å². The molecule has 0 aromatic carbocycles. The van der Waals surface area contributed by atoms with Gasteiger partial charge < -0.3 is 29.4 Å². The molecule has 3 N–H and O–H groups in total. The van der Waals surface area contributed by atoms with Crippen molar-refractivity contribution in [1.82, 2.24) is 24.8 Å². The number of ether oxygens (including phenoxy) is 2. The number of nitrogens with one attached hydrogen (secondary N) is 2. The van der Waals surface area contributed by atoms with Crippen LogP contribution in [-0.2, 0) is 14.3 Å². The van der Waals surface area contributed by atoms with Crippen molar-refractivity contribution in [3.05, 3.63) is 22.1 Å². The van der Waals surface area contributed by atoms with Gasteiger partial charge in [0.25, 0.3) is 5.56 Å². The lowest BCUT2D eigenvalue weighted by molar-refractivity contribution is -0.173. The van der Waals surface area contributed by atoms with Gasteiger partial charge in [-0.2, -0.15) is 18.2 Å². The van der Waals surface area contributed by atoms with Gasteiger partial charge in [-0.15, -0.1) is 0 Å². The minimum Gasteiger partial charge on any atom is -0.394 e. The van der Waals surface area contributed by atoms with Crippen molar-refractivity contribution in [3.8, 4) is 11.8 Å². The largest absolute Gasteiger partial charge is 0.471 e. The first-order chi connectivity index (χ1) is 18.7. The van der Waals surface area contributed by atoms with Gasteiger partial charge in [-0.1, -0.05) is 54.2 Å². The number of aliphatic hydroxyl groups is 1. The van der Waals surface area contributed by atoms with Gasteiger partial charge in [0.2, 0.25) is 5.95 Å². The van der Waals surface area contributed by atoms with E-state index in [1.807, 2.05) is 0 Å². The Balaban J connectivity index is 1.92. The molecule has 3 rings (SSSR count). The maximum absolute atomic E-state index is 13.0. The maximum atomic E-state index is 13.0. The lowest BCUT2D eigenvalue weighted by Gasteiger charge is -2.19. The van der Waals surface area contributed by atoms with Crippen LogP contribution in [0.2, 0.25) is 0 Å². The summed E-state index contributed by atoms with van der Waals surface area (Å²) in [5.74, 6) is 3.34. The second kappa shape index (κ2) is 13.3. The molecule has 11 nitrogen and oxygen atoms in total. The molecule has 1 saturated heterocycles. The third-order valence-corrected chi connectivity index (χ3v) is 8.20. The second-order valence-corrected chi connectivity index (χ2v) is 13.0. The van der Waals surface area contributed by atoms with Crippen LogP contribution in [0, 0.1) is 11.8 Å². The second-order valence-electron chi connectivity index (χ2n) is 9.91. The smallest absolute Gasteiger partial charge is 0.394 e. The zero-order valence-corrected chi connectivity index (χ0v) is 24.2. The molecular formula is C24H31F3N6O5S2. The first-order valence-corrected chi connectivity index (χ1v) is 14.4. The molecule has 3 atom stereocenters. The van der Waals surface area contributed by atoms with E-state index in [9.17, 15) is 27.9 Å². The number of nitrogens with zero attached hydrogens (tertiary/aromatic N) is 4. The van der Waals surface area contributed by atoms with Crippen LogP contribution in [-0.4, -0.2) is 93.1 Å². The molecule has 2 aromatic heterocycles. The molecule has 3 heterocycles. The number of hydrogen-bond acceptors (Lipinski definition) is 9. The summed E-state index contributed by atoms with van der Waals surface area (Å²) in [5.41, 5.74) is -0.226. The van der Waals surface area contributed by atoms with Crippen molar-refractivity contribution in [3.63, 3.8) is 0 Å². The van der Waals surface area contributed by atoms with Gasteiger partial charge in [0.15, 0.2) is 5.65 Å². The summed E-state index contributed by atoms with van der Waals surface area (Å²) in [5, 5.41) is 11.6. The molecule has 0 aliphatic carbocycles. The average Bonchev–Trinajstić information content (AvgIpc) is 3.43. The number of amides is 1. The number of aromatic amines is 1. The predicted octanol–water partition coefficient (Wildman–Crippen LogP) is 2.78. The molecular weight excluding hydrogens is 573 g/mol. The monoisotopic (exact) mass is 604 g/mol. The molecule has 16 heteroatoms. The molecule has 1 aliphatic rings. The molecule has 2 aromatic rings. The molecule has 0 radical (unpaired) electrons. The first kappa shape index (κ1) is 31.8. The number of aliphatic imine (C=N–C) groups is 1. The fraction of sp³-hybridized carbons (Fsp3) is 0.583. The molecule has 1 fully saturated rings. The summed E-state index contributed by atoms with van der Waals surface area (Å²) in [6, 6.07) is 0. The summed E-state index contributed by atoms with van der Waals surface area (Å²) in [4.78, 5) is 36.9. The Morgan fingerprint density at radius 2 is 2.15 bits per heavy atom. The van der Waals surface area contributed by atoms with E-state index in [-0.39, 0.29) is 33.9 Å². The van der Waals surface area contributed by atoms with Gasteiger partial charge in [0, 0.05) is 31.5 Å². The Morgan fingerprint density at radius 1 is 1.43 bits per heavy atom. The normalized spacial score (nSPS) is 19.7. The molecule has 0 bridgehead atoms. The van der Waals surface area contributed by atoms with E-state index in [0.29, 0.717) is 12.4 Å². The van der Waals surface area contributed by atoms with E-state index in [1.165, 1.54) is 12.5 Å². The van der Waals surface area contributed by atoms with E-state index in [4.69, 9.17) is 9.47 Å². The number of carbonyl (C=O) groups is 1. The van der Waals surface area contributed by atoms with E-state index >= 15 is 0 Å². The quantitative estimate of drug-likeness (QED) is 0.0987. The van der Waals surface area contributed by atoms with E-state index in [0.717, 1.165) is 0 Å². The molecule has 1 unspecified atom stereocenters. The Hall–Kier alpha value is -2.71. The Morgan fingerprint density at radius 3 is 2.77 bits per heavy atom. The number of hydrogen-bond donors (Lipinski definition) is 3. The highest BCUT2D eigenvalue weighted by Gasteiger charge is 2.39. The number of rotatable bonds is 9. The Kier molecular flexibility index (Phi) is 10.6. The van der Waals surface area contributed by atoms with Crippen molar-refractivity contribution < 1.29 is 32.5 Å². The third kappa shape index (κ3) is 8.64. The summed E-state index contributed by atoms with van der Waals surface area (Å²) in [6.07, 6.45) is -3.53. The van der Waals surface area contributed by atoms with Crippen molar-refractivity contribution in [1.29, 1.82) is 0 Å². The highest BCUT2D eigenvalue weighted by Crippen LogP contribution is 2.38. The molecule has 0 spiro atoms. The highest BCUT2D eigenvalue weighted by atomic mass is 33.1. The number of carbonyl (C=O) groups excluding carboxylic acids is 1. The van der Waals surface area contributed by atoms with Crippen LogP contribution < -0.4 is 10.9 Å². The summed E-state index contributed by atoms with van der Waals surface area (Å²) in [7, 11) is 6.70. The number of fused-ring (bicyclic) bond motifs is 1. The summed E-state index contributed by atoms with van der Waals surface area (Å²) in [6.45, 7) is 5.37. The van der Waals surface area contributed by atoms with Crippen molar-refractivity contribution >= 4 is 50.8 Å². The van der Waals surface area contributed by atoms with Gasteiger partial charge in [-0.3, -0.25) is 14.6 Å². The topological polar surface area (TPSA) is 134 Å². The number of H-pyrrole nitrogens is 1. The highest BCUT2D eigenvalue weighted by molar-refractivity contribution is 8.77. The van der Waals surface area contributed by atoms with Crippen LogP contribution >= 0.6 is 21.6 Å². The lowest BCUT2D eigenvalue weighted by atomic mass is 10.2. The lowest BCUT2D eigenvalue weighted by Crippen LogP contribution is -2.36. The molecule has 40 heavy (non-hydrogen) atoms. The van der Waals surface area contributed by atoms with Crippen LogP contribution in [0.25, 0.3) is 11.0 Å². The van der Waals surface area contributed by atoms with Crippen LogP contribution in [0.15, 0.2) is 16.0 Å². The number of aliphatic hydroxyl groups excluding tert-OH is 1. The van der Waals surface area contributed by atoms with Gasteiger partial charge in [0.05, 0.1) is 36.5 Å². The minimum atomic E-state index is -5.03. The van der Waals surface area contributed by atoms with Gasteiger partial charge >= 0.3 is 12.1 Å². The number of halogens is 3. The van der Waals surface area contributed by atoms with Crippen molar-refractivity contribution in [2.24, 2.45) is 4.99 Å². The summed E-state index contributed by atoms with van der Waals surface area (Å²) >= 11 is 0. The average molecular weight is 605 g/mol. The number of aromatic nitrogens is 3. The van der Waals surface area contributed by atoms with E-state index < -0.39 is 42.6 Å². The standard InChI is InChI=1S/C24H31F3N6O5S2/c1-23(2,3)40-39-13-37-15-9-17(38-16(15)11-34)33-10-14(7-6-8-28-21(36)24(25,26)27)18-19(33)30-22(31-20(18)35)29-12-32(4)5/h10,12,15-17,34H,8-9,11,13H2,1-5H3,(H,28,36)(H,30,31,35)/t15?,16-,17-/m1/s1. The van der Waals surface area contributed by atoms with Crippen LogP contribution in [0.1, 0.15) is 39.0 Å². The first-order valence-electron chi connectivity index (χ1n) is 12.1. The Bertz CT molecular complexity index is 1340. The molecule has 1 amide bonds.